The molecule has 0 spiro atoms. The summed E-state index contributed by atoms with van der Waals surface area (Å²) in [7, 11) is 1.82. The molecule has 3 aromatic rings. The predicted octanol–water partition coefficient (Wildman–Crippen LogP) is 5.30. The summed E-state index contributed by atoms with van der Waals surface area (Å²) < 4.78 is 7.63. The SMILES string of the molecule is CC(=O)OC(C)(C)Cn1c(SCCCCC(=O)N(C)c2ccccc2)nc2ccccc21. The number of esters is 1. The minimum absolute atomic E-state index is 0.122. The number of amides is 1. The standard InChI is InChI=1S/C25H31N3O3S/c1-19(29)31-25(2,3)18-28-22-15-9-8-14-21(22)26-24(28)32-17-11-10-16-23(30)27(4)20-12-6-5-7-13-20/h5-9,12-15H,10-11,16-18H2,1-4H3. The van der Waals surface area contributed by atoms with Crippen LogP contribution in [0.25, 0.3) is 11.0 Å². The molecule has 2 aromatic carbocycles. The molecule has 170 valence electrons. The number of ether oxygens (including phenoxy) is 1. The van der Waals surface area contributed by atoms with Crippen molar-refractivity contribution in [3.63, 3.8) is 0 Å². The van der Waals surface area contributed by atoms with Crippen molar-refractivity contribution in [1.29, 1.82) is 0 Å². The maximum atomic E-state index is 12.5. The van der Waals surface area contributed by atoms with Gasteiger partial charge in [0.05, 0.1) is 17.6 Å². The Morgan fingerprint density at radius 3 is 2.47 bits per heavy atom. The van der Waals surface area contributed by atoms with Gasteiger partial charge < -0.3 is 14.2 Å². The van der Waals surface area contributed by atoms with Crippen molar-refractivity contribution >= 4 is 40.4 Å². The normalized spacial score (nSPS) is 11.5. The van der Waals surface area contributed by atoms with Crippen molar-refractivity contribution in [1.82, 2.24) is 9.55 Å². The second kappa shape index (κ2) is 10.7. The molecular formula is C25H31N3O3S. The molecule has 1 amide bonds. The monoisotopic (exact) mass is 453 g/mol. The number of hydrogen-bond donors (Lipinski definition) is 0. The molecular weight excluding hydrogens is 422 g/mol. The van der Waals surface area contributed by atoms with Gasteiger partial charge in [0, 0.05) is 31.8 Å². The largest absolute Gasteiger partial charge is 0.458 e. The zero-order valence-corrected chi connectivity index (χ0v) is 20.0. The van der Waals surface area contributed by atoms with Gasteiger partial charge in [-0.25, -0.2) is 4.98 Å². The van der Waals surface area contributed by atoms with E-state index in [1.54, 1.807) is 16.7 Å². The van der Waals surface area contributed by atoms with Gasteiger partial charge in [-0.1, -0.05) is 42.1 Å². The topological polar surface area (TPSA) is 64.4 Å². The first kappa shape index (κ1) is 23.9. The van der Waals surface area contributed by atoms with E-state index in [-0.39, 0.29) is 11.9 Å². The summed E-state index contributed by atoms with van der Waals surface area (Å²) in [6, 6.07) is 17.7. The highest BCUT2D eigenvalue weighted by molar-refractivity contribution is 7.99. The van der Waals surface area contributed by atoms with E-state index < -0.39 is 5.60 Å². The number of unbranched alkanes of at least 4 members (excludes halogenated alkanes) is 1. The third-order valence-corrected chi connectivity index (χ3v) is 6.17. The molecule has 0 N–H and O–H groups in total. The van der Waals surface area contributed by atoms with Crippen molar-refractivity contribution in [2.24, 2.45) is 0 Å². The number of carbonyl (C=O) groups excluding carboxylic acids is 2. The van der Waals surface area contributed by atoms with Gasteiger partial charge in [-0.15, -0.1) is 0 Å². The summed E-state index contributed by atoms with van der Waals surface area (Å²) in [5.41, 5.74) is 2.22. The van der Waals surface area contributed by atoms with Crippen LogP contribution in [0.2, 0.25) is 0 Å². The lowest BCUT2D eigenvalue weighted by atomic mass is 10.1. The Balaban J connectivity index is 1.58. The summed E-state index contributed by atoms with van der Waals surface area (Å²) in [6.07, 6.45) is 2.25. The van der Waals surface area contributed by atoms with Gasteiger partial charge in [0.15, 0.2) is 5.16 Å². The number of aromatic nitrogens is 2. The number of para-hydroxylation sites is 3. The van der Waals surface area contributed by atoms with E-state index in [1.807, 2.05) is 75.5 Å². The number of anilines is 1. The van der Waals surface area contributed by atoms with Crippen LogP contribution in [0.4, 0.5) is 5.69 Å². The van der Waals surface area contributed by atoms with Crippen LogP contribution in [0.3, 0.4) is 0 Å². The fraction of sp³-hybridized carbons (Fsp3) is 0.400. The van der Waals surface area contributed by atoms with E-state index in [1.165, 1.54) is 6.92 Å². The first-order valence-corrected chi connectivity index (χ1v) is 11.8. The molecule has 0 saturated heterocycles. The lowest BCUT2D eigenvalue weighted by Gasteiger charge is -2.26. The maximum absolute atomic E-state index is 12.5. The molecule has 0 bridgehead atoms. The van der Waals surface area contributed by atoms with Gasteiger partial charge in [0.25, 0.3) is 0 Å². The number of imidazole rings is 1. The molecule has 0 unspecified atom stereocenters. The second-order valence-electron chi connectivity index (χ2n) is 8.42. The highest BCUT2D eigenvalue weighted by atomic mass is 32.2. The lowest BCUT2D eigenvalue weighted by molar-refractivity contribution is -0.154. The number of hydrogen-bond acceptors (Lipinski definition) is 5. The number of nitrogens with zero attached hydrogens (tertiary/aromatic N) is 3. The third-order valence-electron chi connectivity index (χ3n) is 5.11. The highest BCUT2D eigenvalue weighted by Gasteiger charge is 2.25. The van der Waals surface area contributed by atoms with Crippen molar-refractivity contribution in [2.75, 3.05) is 17.7 Å². The smallest absolute Gasteiger partial charge is 0.303 e. The fourth-order valence-electron chi connectivity index (χ4n) is 3.62. The Labute approximate surface area is 194 Å². The van der Waals surface area contributed by atoms with Crippen LogP contribution in [-0.2, 0) is 20.9 Å². The molecule has 7 heteroatoms. The van der Waals surface area contributed by atoms with Crippen LogP contribution in [0.5, 0.6) is 0 Å². The highest BCUT2D eigenvalue weighted by Crippen LogP contribution is 2.28. The molecule has 0 aliphatic carbocycles. The Kier molecular flexibility index (Phi) is 7.96. The van der Waals surface area contributed by atoms with E-state index in [0.29, 0.717) is 13.0 Å². The molecule has 0 aliphatic heterocycles. The van der Waals surface area contributed by atoms with Crippen LogP contribution in [0.1, 0.15) is 40.0 Å². The lowest BCUT2D eigenvalue weighted by Crippen LogP contribution is -2.32. The van der Waals surface area contributed by atoms with Gasteiger partial charge >= 0.3 is 5.97 Å². The van der Waals surface area contributed by atoms with E-state index in [0.717, 1.165) is 40.5 Å². The number of carbonyl (C=O) groups is 2. The van der Waals surface area contributed by atoms with Gasteiger partial charge in [-0.3, -0.25) is 9.59 Å². The van der Waals surface area contributed by atoms with Crippen LogP contribution < -0.4 is 4.90 Å². The minimum Gasteiger partial charge on any atom is -0.458 e. The van der Waals surface area contributed by atoms with Crippen LogP contribution in [0.15, 0.2) is 59.8 Å². The van der Waals surface area contributed by atoms with E-state index in [2.05, 4.69) is 4.57 Å². The van der Waals surface area contributed by atoms with Crippen LogP contribution >= 0.6 is 11.8 Å². The molecule has 1 heterocycles. The zero-order chi connectivity index (χ0) is 23.1. The maximum Gasteiger partial charge on any atom is 0.303 e. The molecule has 1 aromatic heterocycles. The molecule has 6 nitrogen and oxygen atoms in total. The number of thioether (sulfide) groups is 1. The van der Waals surface area contributed by atoms with Gasteiger partial charge in [-0.2, -0.15) is 0 Å². The van der Waals surface area contributed by atoms with Crippen molar-refractivity contribution in [3.05, 3.63) is 54.6 Å². The first-order valence-electron chi connectivity index (χ1n) is 10.9. The summed E-state index contributed by atoms with van der Waals surface area (Å²) in [6.45, 7) is 5.77. The van der Waals surface area contributed by atoms with Crippen molar-refractivity contribution in [3.8, 4) is 0 Å². The number of fused-ring (bicyclic) bond motifs is 1. The Bertz CT molecular complexity index is 1060. The molecule has 3 rings (SSSR count). The van der Waals surface area contributed by atoms with E-state index in [4.69, 9.17) is 9.72 Å². The zero-order valence-electron chi connectivity index (χ0n) is 19.2. The first-order chi connectivity index (χ1) is 15.3. The minimum atomic E-state index is -0.640. The summed E-state index contributed by atoms with van der Waals surface area (Å²) in [5.74, 6) is 0.690. The Hall–Kier alpha value is -2.80. The molecule has 0 saturated carbocycles. The van der Waals surface area contributed by atoms with E-state index >= 15 is 0 Å². The van der Waals surface area contributed by atoms with Crippen molar-refractivity contribution in [2.45, 2.75) is 57.3 Å². The number of rotatable bonds is 10. The molecule has 0 aliphatic rings. The van der Waals surface area contributed by atoms with E-state index in [9.17, 15) is 9.59 Å². The molecule has 0 fully saturated rings. The average molecular weight is 454 g/mol. The second-order valence-corrected chi connectivity index (χ2v) is 9.48. The summed E-state index contributed by atoms with van der Waals surface area (Å²) in [5, 5.41) is 0.902. The van der Waals surface area contributed by atoms with Crippen molar-refractivity contribution < 1.29 is 14.3 Å². The number of benzene rings is 2. The Morgan fingerprint density at radius 2 is 1.75 bits per heavy atom. The quantitative estimate of drug-likeness (QED) is 0.237. The summed E-state index contributed by atoms with van der Waals surface area (Å²) in [4.78, 5) is 30.4. The van der Waals surface area contributed by atoms with Crippen LogP contribution in [-0.4, -0.2) is 39.8 Å². The third kappa shape index (κ3) is 6.36. The van der Waals surface area contributed by atoms with Crippen LogP contribution in [0, 0.1) is 0 Å². The average Bonchev–Trinajstić information content (AvgIpc) is 3.09. The van der Waals surface area contributed by atoms with Gasteiger partial charge in [0.1, 0.15) is 5.60 Å². The molecule has 0 atom stereocenters. The van der Waals surface area contributed by atoms with Gasteiger partial charge in [-0.05, 0) is 51.0 Å². The summed E-state index contributed by atoms with van der Waals surface area (Å²) >= 11 is 1.68. The molecule has 0 radical (unpaired) electrons. The molecule has 32 heavy (non-hydrogen) atoms. The fourth-order valence-corrected chi connectivity index (χ4v) is 4.64. The predicted molar refractivity (Wildman–Crippen MR) is 130 cm³/mol. The van der Waals surface area contributed by atoms with Gasteiger partial charge in [0.2, 0.25) is 5.91 Å². The Morgan fingerprint density at radius 1 is 1.06 bits per heavy atom.